The summed E-state index contributed by atoms with van der Waals surface area (Å²) in [5, 5.41) is 8.53. The van der Waals surface area contributed by atoms with Gasteiger partial charge in [-0.15, -0.1) is 0 Å². The van der Waals surface area contributed by atoms with Crippen LogP contribution < -0.4 is 0 Å². The molecule has 1 atom stereocenters. The van der Waals surface area contributed by atoms with Gasteiger partial charge in [-0.2, -0.15) is 13.2 Å². The van der Waals surface area contributed by atoms with Crippen LogP contribution in [0.4, 0.5) is 13.2 Å². The molecule has 0 aliphatic carbocycles. The Kier molecular flexibility index (Phi) is 5.57. The van der Waals surface area contributed by atoms with E-state index in [1.807, 2.05) is 13.8 Å². The van der Waals surface area contributed by atoms with Crippen molar-refractivity contribution >= 4 is 0 Å². The Balaban J connectivity index is 0. The highest BCUT2D eigenvalue weighted by atomic mass is 19.4. The minimum absolute atomic E-state index is 0.309. The van der Waals surface area contributed by atoms with Crippen LogP contribution in [0.25, 0.3) is 0 Å². The molecule has 0 rings (SSSR count). The first-order chi connectivity index (χ1) is 4.81. The summed E-state index contributed by atoms with van der Waals surface area (Å²) in [4.78, 5) is 0. The molecule has 0 saturated heterocycles. The smallest absolute Gasteiger partial charge is 0.381 e. The number of hydrogen-bond acceptors (Lipinski definition) is 1. The fourth-order valence-electron chi connectivity index (χ4n) is 0.200. The van der Waals surface area contributed by atoms with Crippen LogP contribution >= 0.6 is 0 Å². The van der Waals surface area contributed by atoms with Gasteiger partial charge in [0, 0.05) is 0 Å². The summed E-state index contributed by atoms with van der Waals surface area (Å²) in [6.45, 7) is 6.04. The van der Waals surface area contributed by atoms with Gasteiger partial charge in [-0.25, -0.2) is 0 Å². The predicted molar refractivity (Wildman–Crippen MR) is 38.3 cm³/mol. The molecule has 1 unspecified atom stereocenters. The van der Waals surface area contributed by atoms with E-state index in [0.717, 1.165) is 6.92 Å². The lowest BCUT2D eigenvalue weighted by molar-refractivity contribution is -0.253. The zero-order valence-corrected chi connectivity index (χ0v) is 7.29. The molecule has 0 amide bonds. The molecule has 0 bridgehead atoms. The largest absolute Gasteiger partial charge is 0.416 e. The maximum atomic E-state index is 11.6. The molecule has 0 aromatic rings. The van der Waals surface area contributed by atoms with Gasteiger partial charge in [0.2, 0.25) is 0 Å². The van der Waals surface area contributed by atoms with Gasteiger partial charge >= 0.3 is 6.18 Å². The van der Waals surface area contributed by atoms with E-state index < -0.39 is 11.8 Å². The van der Waals surface area contributed by atoms with Crippen molar-refractivity contribution in [3.05, 3.63) is 0 Å². The number of aliphatic hydroxyl groups is 1. The Hall–Kier alpha value is -0.250. The molecular weight excluding hydrogens is 157 g/mol. The van der Waals surface area contributed by atoms with Crippen molar-refractivity contribution in [3.8, 4) is 0 Å². The topological polar surface area (TPSA) is 20.2 Å². The molecule has 11 heavy (non-hydrogen) atoms. The lowest BCUT2D eigenvalue weighted by Gasteiger charge is -2.23. The highest BCUT2D eigenvalue weighted by molar-refractivity contribution is 4.78. The van der Waals surface area contributed by atoms with Crippen molar-refractivity contribution in [2.75, 3.05) is 0 Å². The lowest BCUT2D eigenvalue weighted by Crippen LogP contribution is -2.41. The van der Waals surface area contributed by atoms with E-state index >= 15 is 0 Å². The minimum Gasteiger partial charge on any atom is -0.381 e. The Morgan fingerprint density at radius 1 is 1.18 bits per heavy atom. The molecule has 0 saturated carbocycles. The first kappa shape index (κ1) is 13.3. The zero-order valence-electron chi connectivity index (χ0n) is 7.29. The standard InChI is InChI=1S/C5H9F3O.C2H6/c1-3-4(2,9)5(6,7)8;1-2/h9H,3H2,1-2H3;1-2H3. The Morgan fingerprint density at radius 2 is 1.45 bits per heavy atom. The summed E-state index contributed by atoms with van der Waals surface area (Å²) in [7, 11) is 0. The highest BCUT2D eigenvalue weighted by Crippen LogP contribution is 2.31. The van der Waals surface area contributed by atoms with Gasteiger partial charge in [0.1, 0.15) is 0 Å². The summed E-state index contributed by atoms with van der Waals surface area (Å²) < 4.78 is 34.8. The van der Waals surface area contributed by atoms with Crippen LogP contribution in [0.2, 0.25) is 0 Å². The summed E-state index contributed by atoms with van der Waals surface area (Å²) >= 11 is 0. The molecule has 0 aliphatic rings. The Bertz CT molecular complexity index is 96.3. The van der Waals surface area contributed by atoms with E-state index in [9.17, 15) is 13.2 Å². The molecule has 70 valence electrons. The van der Waals surface area contributed by atoms with Crippen molar-refractivity contribution in [1.29, 1.82) is 0 Å². The van der Waals surface area contributed by atoms with E-state index in [1.54, 1.807) is 0 Å². The Morgan fingerprint density at radius 3 is 1.45 bits per heavy atom. The lowest BCUT2D eigenvalue weighted by atomic mass is 10.0. The summed E-state index contributed by atoms with van der Waals surface area (Å²) in [5.41, 5.74) is -2.52. The minimum atomic E-state index is -4.50. The first-order valence-corrected chi connectivity index (χ1v) is 3.60. The molecule has 0 heterocycles. The first-order valence-electron chi connectivity index (χ1n) is 3.60. The van der Waals surface area contributed by atoms with Crippen LogP contribution in [0, 0.1) is 0 Å². The predicted octanol–water partition coefficient (Wildman–Crippen LogP) is 2.74. The molecule has 0 radical (unpaired) electrons. The SMILES string of the molecule is CC.CCC(C)(O)C(F)(F)F. The van der Waals surface area contributed by atoms with Crippen LogP contribution in [-0.4, -0.2) is 16.9 Å². The molecular formula is C7H15F3O. The van der Waals surface area contributed by atoms with Crippen LogP contribution in [0.15, 0.2) is 0 Å². The highest BCUT2D eigenvalue weighted by Gasteiger charge is 2.48. The van der Waals surface area contributed by atoms with Crippen LogP contribution in [0.5, 0.6) is 0 Å². The van der Waals surface area contributed by atoms with E-state index in [4.69, 9.17) is 5.11 Å². The molecule has 4 heteroatoms. The second kappa shape index (κ2) is 4.59. The second-order valence-corrected chi connectivity index (χ2v) is 2.13. The fraction of sp³-hybridized carbons (Fsp3) is 1.00. The van der Waals surface area contributed by atoms with Gasteiger partial charge in [-0.3, -0.25) is 0 Å². The molecule has 0 aromatic heterocycles. The van der Waals surface area contributed by atoms with Gasteiger partial charge in [0.05, 0.1) is 0 Å². The van der Waals surface area contributed by atoms with Crippen LogP contribution in [0.1, 0.15) is 34.1 Å². The molecule has 1 N–H and O–H groups in total. The van der Waals surface area contributed by atoms with Crippen molar-refractivity contribution in [2.24, 2.45) is 0 Å². The van der Waals surface area contributed by atoms with Crippen molar-refractivity contribution in [1.82, 2.24) is 0 Å². The number of halogens is 3. The average Bonchev–Trinajstić information content (AvgIpc) is 1.90. The normalized spacial score (nSPS) is 16.4. The molecule has 0 spiro atoms. The maximum Gasteiger partial charge on any atom is 0.416 e. The van der Waals surface area contributed by atoms with E-state index in [2.05, 4.69) is 0 Å². The Labute approximate surface area is 65.2 Å². The van der Waals surface area contributed by atoms with Gasteiger partial charge in [-0.05, 0) is 13.3 Å². The van der Waals surface area contributed by atoms with Crippen LogP contribution in [-0.2, 0) is 0 Å². The molecule has 0 fully saturated rings. The molecule has 0 aliphatic heterocycles. The number of hydrogen-bond donors (Lipinski definition) is 1. The summed E-state index contributed by atoms with van der Waals surface area (Å²) in [6.07, 6.45) is -4.81. The zero-order chi connectivity index (χ0) is 9.71. The van der Waals surface area contributed by atoms with E-state index in [0.29, 0.717) is 0 Å². The third-order valence-electron chi connectivity index (χ3n) is 1.30. The molecule has 0 aromatic carbocycles. The van der Waals surface area contributed by atoms with Gasteiger partial charge in [0.15, 0.2) is 5.60 Å². The second-order valence-electron chi connectivity index (χ2n) is 2.13. The number of alkyl halides is 3. The molecule has 1 nitrogen and oxygen atoms in total. The third kappa shape index (κ3) is 4.24. The third-order valence-corrected chi connectivity index (χ3v) is 1.30. The maximum absolute atomic E-state index is 11.6. The van der Waals surface area contributed by atoms with Crippen molar-refractivity contribution in [2.45, 2.75) is 45.9 Å². The van der Waals surface area contributed by atoms with Gasteiger partial charge in [0.25, 0.3) is 0 Å². The monoisotopic (exact) mass is 172 g/mol. The van der Waals surface area contributed by atoms with E-state index in [1.165, 1.54) is 6.92 Å². The quantitative estimate of drug-likeness (QED) is 0.644. The average molecular weight is 172 g/mol. The van der Waals surface area contributed by atoms with Gasteiger partial charge in [-0.1, -0.05) is 20.8 Å². The van der Waals surface area contributed by atoms with Crippen LogP contribution in [0.3, 0.4) is 0 Å². The van der Waals surface area contributed by atoms with E-state index in [-0.39, 0.29) is 6.42 Å². The van der Waals surface area contributed by atoms with Crippen molar-refractivity contribution in [3.63, 3.8) is 0 Å². The van der Waals surface area contributed by atoms with Gasteiger partial charge < -0.3 is 5.11 Å². The number of rotatable bonds is 1. The summed E-state index contributed by atoms with van der Waals surface area (Å²) in [5.74, 6) is 0. The fourth-order valence-corrected chi connectivity index (χ4v) is 0.200. The van der Waals surface area contributed by atoms with Crippen molar-refractivity contribution < 1.29 is 18.3 Å². The summed E-state index contributed by atoms with van der Waals surface area (Å²) in [6, 6.07) is 0.